The Balaban J connectivity index is 1.35. The Labute approximate surface area is 174 Å². The molecule has 30 heavy (non-hydrogen) atoms. The number of ketones is 1. The molecule has 2 aliphatic carbocycles. The van der Waals surface area contributed by atoms with Gasteiger partial charge in [-0.25, -0.2) is 9.59 Å². The number of ether oxygens (including phenoxy) is 1. The van der Waals surface area contributed by atoms with E-state index in [1.807, 2.05) is 36.4 Å². The number of hydrogen-bond donors (Lipinski definition) is 1. The summed E-state index contributed by atoms with van der Waals surface area (Å²) >= 11 is 0. The van der Waals surface area contributed by atoms with Crippen LogP contribution in [0.4, 0.5) is 4.79 Å². The fourth-order valence-electron chi connectivity index (χ4n) is 5.47. The van der Waals surface area contributed by atoms with Crippen LogP contribution >= 0.6 is 0 Å². The molecule has 3 atom stereocenters. The van der Waals surface area contributed by atoms with Crippen molar-refractivity contribution in [1.29, 1.82) is 0 Å². The molecule has 2 fully saturated rings. The highest BCUT2D eigenvalue weighted by molar-refractivity contribution is 5.85. The topological polar surface area (TPSA) is 83.9 Å². The molecule has 154 valence electrons. The summed E-state index contributed by atoms with van der Waals surface area (Å²) in [6.45, 7) is 0.496. The number of Topliss-reactive ketones (excluding diaryl/α,β-unsaturated/α-hetero) is 1. The molecule has 0 radical (unpaired) electrons. The number of fused-ring (bicyclic) bond motifs is 4. The van der Waals surface area contributed by atoms with E-state index in [4.69, 9.17) is 4.74 Å². The van der Waals surface area contributed by atoms with Crippen molar-refractivity contribution in [2.45, 2.75) is 31.2 Å². The Morgan fingerprint density at radius 1 is 1.03 bits per heavy atom. The number of carboxylic acid groups (broad SMARTS) is 1. The minimum atomic E-state index is -1.06. The number of likely N-dealkylation sites (tertiary alicyclic amines) is 1. The molecule has 1 heterocycles. The Bertz CT molecular complexity index is 986. The Morgan fingerprint density at radius 2 is 1.67 bits per heavy atom. The van der Waals surface area contributed by atoms with Crippen LogP contribution in [0.25, 0.3) is 11.1 Å². The van der Waals surface area contributed by atoms with Crippen LogP contribution in [0.1, 0.15) is 36.3 Å². The van der Waals surface area contributed by atoms with Crippen molar-refractivity contribution in [1.82, 2.24) is 4.90 Å². The zero-order chi connectivity index (χ0) is 20.8. The molecule has 1 N–H and O–H groups in total. The highest BCUT2D eigenvalue weighted by atomic mass is 16.6. The molecule has 1 aliphatic heterocycles. The van der Waals surface area contributed by atoms with Crippen LogP contribution in [0.15, 0.2) is 48.5 Å². The van der Waals surface area contributed by atoms with Gasteiger partial charge in [0.1, 0.15) is 18.4 Å². The summed E-state index contributed by atoms with van der Waals surface area (Å²) in [7, 11) is 0. The second-order valence-corrected chi connectivity index (χ2v) is 8.44. The van der Waals surface area contributed by atoms with E-state index in [2.05, 4.69) is 12.1 Å². The summed E-state index contributed by atoms with van der Waals surface area (Å²) in [6, 6.07) is 15.2. The number of nitrogens with zero attached hydrogens (tertiary/aromatic N) is 1. The van der Waals surface area contributed by atoms with Gasteiger partial charge in [-0.1, -0.05) is 48.5 Å². The van der Waals surface area contributed by atoms with Gasteiger partial charge in [0.05, 0.1) is 0 Å². The van der Waals surface area contributed by atoms with E-state index >= 15 is 0 Å². The van der Waals surface area contributed by atoms with Crippen LogP contribution < -0.4 is 0 Å². The number of carbonyl (C=O) groups excluding carboxylic acids is 2. The zero-order valence-corrected chi connectivity index (χ0v) is 16.5. The van der Waals surface area contributed by atoms with Gasteiger partial charge in [-0.3, -0.25) is 9.69 Å². The van der Waals surface area contributed by atoms with Gasteiger partial charge in [-0.15, -0.1) is 0 Å². The molecule has 1 saturated heterocycles. The number of benzene rings is 2. The van der Waals surface area contributed by atoms with Crippen molar-refractivity contribution >= 4 is 17.8 Å². The van der Waals surface area contributed by atoms with E-state index in [9.17, 15) is 19.5 Å². The third-order valence-corrected chi connectivity index (χ3v) is 6.86. The fourth-order valence-corrected chi connectivity index (χ4v) is 5.47. The van der Waals surface area contributed by atoms with E-state index < -0.39 is 18.1 Å². The largest absolute Gasteiger partial charge is 0.480 e. The van der Waals surface area contributed by atoms with Crippen molar-refractivity contribution in [3.63, 3.8) is 0 Å². The molecule has 3 aliphatic rings. The molecule has 2 aromatic rings. The molecule has 6 heteroatoms. The summed E-state index contributed by atoms with van der Waals surface area (Å²) in [5.74, 6) is -1.33. The Morgan fingerprint density at radius 3 is 2.30 bits per heavy atom. The first-order chi connectivity index (χ1) is 14.5. The van der Waals surface area contributed by atoms with Gasteiger partial charge in [-0.05, 0) is 34.6 Å². The van der Waals surface area contributed by atoms with Gasteiger partial charge in [0, 0.05) is 31.2 Å². The van der Waals surface area contributed by atoms with Gasteiger partial charge < -0.3 is 9.84 Å². The smallest absolute Gasteiger partial charge is 0.410 e. The van der Waals surface area contributed by atoms with Crippen LogP contribution in [0.5, 0.6) is 0 Å². The first-order valence-corrected chi connectivity index (χ1v) is 10.4. The first kappa shape index (κ1) is 18.9. The lowest BCUT2D eigenvalue weighted by molar-refractivity contribution is -0.143. The lowest BCUT2D eigenvalue weighted by atomic mass is 9.78. The quantitative estimate of drug-likeness (QED) is 0.842. The van der Waals surface area contributed by atoms with E-state index in [-0.39, 0.29) is 36.6 Å². The number of amides is 1. The van der Waals surface area contributed by atoms with Crippen LogP contribution in [-0.2, 0) is 14.3 Å². The van der Waals surface area contributed by atoms with Gasteiger partial charge in [-0.2, -0.15) is 0 Å². The molecule has 1 amide bonds. The second-order valence-electron chi connectivity index (χ2n) is 8.44. The Hall–Kier alpha value is -3.15. The highest BCUT2D eigenvalue weighted by Gasteiger charge is 2.50. The van der Waals surface area contributed by atoms with Crippen molar-refractivity contribution in [3.8, 4) is 11.1 Å². The minimum absolute atomic E-state index is 0.0456. The SMILES string of the molecule is O=C1CC[C@@H]2CN(C(=O)OCC3c4ccccc4-c4ccccc43)[C@@H](C(=O)O)[C@H]2C1. The van der Waals surface area contributed by atoms with Gasteiger partial charge in [0.2, 0.25) is 0 Å². The lowest BCUT2D eigenvalue weighted by Crippen LogP contribution is -2.44. The predicted octanol–water partition coefficient (Wildman–Crippen LogP) is 3.69. The summed E-state index contributed by atoms with van der Waals surface area (Å²) in [4.78, 5) is 38.0. The van der Waals surface area contributed by atoms with Gasteiger partial charge >= 0.3 is 12.1 Å². The monoisotopic (exact) mass is 405 g/mol. The third-order valence-electron chi connectivity index (χ3n) is 6.86. The van der Waals surface area contributed by atoms with Crippen molar-refractivity contribution < 1.29 is 24.2 Å². The molecule has 0 spiro atoms. The van der Waals surface area contributed by atoms with E-state index in [0.29, 0.717) is 19.4 Å². The number of aliphatic carboxylic acids is 1. The molecule has 0 unspecified atom stereocenters. The zero-order valence-electron chi connectivity index (χ0n) is 16.5. The molecule has 0 bridgehead atoms. The number of carbonyl (C=O) groups is 3. The standard InChI is InChI=1S/C24H23NO5/c26-15-10-9-14-12-25(22(23(27)28)20(14)11-15)24(29)30-13-21-18-7-3-1-5-16(18)17-6-2-4-8-19(17)21/h1-8,14,20-22H,9-13H2,(H,27,28)/t14-,20+,22-/m1/s1. The van der Waals surface area contributed by atoms with E-state index in [1.165, 1.54) is 4.90 Å². The summed E-state index contributed by atoms with van der Waals surface area (Å²) in [5, 5.41) is 9.74. The van der Waals surface area contributed by atoms with Gasteiger partial charge in [0.25, 0.3) is 0 Å². The maximum absolute atomic E-state index is 12.9. The van der Waals surface area contributed by atoms with Crippen molar-refractivity contribution in [3.05, 3.63) is 59.7 Å². The molecule has 6 nitrogen and oxygen atoms in total. The average molecular weight is 405 g/mol. The van der Waals surface area contributed by atoms with Crippen LogP contribution in [0, 0.1) is 11.8 Å². The molecule has 2 aromatic carbocycles. The second kappa shape index (κ2) is 7.27. The summed E-state index contributed by atoms with van der Waals surface area (Å²) < 4.78 is 5.68. The van der Waals surface area contributed by atoms with Crippen LogP contribution in [0.2, 0.25) is 0 Å². The number of hydrogen-bond acceptors (Lipinski definition) is 4. The van der Waals surface area contributed by atoms with Crippen molar-refractivity contribution in [2.24, 2.45) is 11.8 Å². The minimum Gasteiger partial charge on any atom is -0.480 e. The summed E-state index contributed by atoms with van der Waals surface area (Å²) in [6.07, 6.45) is 0.729. The predicted molar refractivity (Wildman–Crippen MR) is 109 cm³/mol. The number of carboxylic acids is 1. The van der Waals surface area contributed by atoms with Gasteiger partial charge in [0.15, 0.2) is 0 Å². The van der Waals surface area contributed by atoms with Crippen molar-refractivity contribution in [2.75, 3.05) is 13.2 Å². The molecule has 0 aromatic heterocycles. The lowest BCUT2D eigenvalue weighted by Gasteiger charge is -2.26. The molecular formula is C24H23NO5. The fraction of sp³-hybridized carbons (Fsp3) is 0.375. The third kappa shape index (κ3) is 2.98. The Kier molecular flexibility index (Phi) is 4.57. The maximum atomic E-state index is 12.9. The van der Waals surface area contributed by atoms with Crippen LogP contribution in [0.3, 0.4) is 0 Å². The first-order valence-electron chi connectivity index (χ1n) is 10.4. The molecular weight excluding hydrogens is 382 g/mol. The van der Waals surface area contributed by atoms with Crippen LogP contribution in [-0.4, -0.2) is 47.0 Å². The maximum Gasteiger partial charge on any atom is 0.410 e. The molecule has 5 rings (SSSR count). The number of rotatable bonds is 3. The highest BCUT2D eigenvalue weighted by Crippen LogP contribution is 2.45. The summed E-state index contributed by atoms with van der Waals surface area (Å²) in [5.41, 5.74) is 4.51. The van der Waals surface area contributed by atoms with E-state index in [1.54, 1.807) is 0 Å². The molecule has 1 saturated carbocycles. The average Bonchev–Trinajstić information content (AvgIpc) is 3.28. The van der Waals surface area contributed by atoms with E-state index in [0.717, 1.165) is 22.3 Å². The normalized spacial score (nSPS) is 24.9.